The summed E-state index contributed by atoms with van der Waals surface area (Å²) in [7, 11) is 0. The van der Waals surface area contributed by atoms with Gasteiger partial charge in [0.05, 0.1) is 47.5 Å². The Bertz CT molecular complexity index is 5020. The molecule has 3 aromatic heterocycles. The van der Waals surface area contributed by atoms with Gasteiger partial charge in [0, 0.05) is 52.1 Å². The third kappa shape index (κ3) is 9.29. The predicted octanol–water partition coefficient (Wildman–Crippen LogP) is 18.9. The Morgan fingerprint density at radius 1 is 0.500 bits per heavy atom. The summed E-state index contributed by atoms with van der Waals surface area (Å²) in [5.41, 5.74) is 7.67. The van der Waals surface area contributed by atoms with E-state index in [9.17, 15) is 5.48 Å². The van der Waals surface area contributed by atoms with Crippen LogP contribution in [-0.4, -0.2) is 30.5 Å². The molecule has 0 unspecified atom stereocenters. The maximum absolute atomic E-state index is 9.42. The summed E-state index contributed by atoms with van der Waals surface area (Å²) < 4.78 is 104. The summed E-state index contributed by atoms with van der Waals surface area (Å²) >= 11 is 0. The zero-order valence-electron chi connectivity index (χ0n) is 58.6. The van der Waals surface area contributed by atoms with Crippen LogP contribution in [0.4, 0.5) is 22.7 Å². The van der Waals surface area contributed by atoms with Crippen LogP contribution in [0.3, 0.4) is 0 Å². The number of para-hydroxylation sites is 3. The number of pyridine rings is 1. The Labute approximate surface area is 506 Å². The van der Waals surface area contributed by atoms with Gasteiger partial charge in [0.25, 0.3) is 11.4 Å². The van der Waals surface area contributed by atoms with Gasteiger partial charge in [0.15, 0.2) is 5.82 Å². The van der Waals surface area contributed by atoms with Crippen molar-refractivity contribution in [3.05, 3.63) is 269 Å². The van der Waals surface area contributed by atoms with Crippen molar-refractivity contribution in [3.63, 3.8) is 0 Å². The topological polar surface area (TPSA) is 71.7 Å². The molecule has 410 valence electrons. The van der Waals surface area contributed by atoms with Crippen molar-refractivity contribution in [1.29, 1.82) is 0 Å². The van der Waals surface area contributed by atoms with Gasteiger partial charge in [-0.2, -0.15) is 0 Å². The highest BCUT2D eigenvalue weighted by atomic mass is 16.5. The average Bonchev–Trinajstić information content (AvgIpc) is 1.26. The van der Waals surface area contributed by atoms with E-state index in [1.165, 1.54) is 0 Å². The molecule has 0 atom stereocenters. The molecule has 8 nitrogen and oxygen atoms in total. The zero-order chi connectivity index (χ0) is 66.8. The number of ether oxygens (including phenoxy) is 1. The molecule has 1 aliphatic heterocycles. The Morgan fingerprint density at radius 3 is 1.65 bits per heavy atom. The van der Waals surface area contributed by atoms with Crippen LogP contribution in [0.1, 0.15) is 107 Å². The highest BCUT2D eigenvalue weighted by Gasteiger charge is 2.41. The van der Waals surface area contributed by atoms with Crippen molar-refractivity contribution in [2.75, 3.05) is 0 Å². The van der Waals surface area contributed by atoms with Crippen LogP contribution in [0.2, 0.25) is 0 Å². The second-order valence-electron chi connectivity index (χ2n) is 23.5. The molecule has 0 radical (unpaired) electrons. The average molecular weight is 1100 g/mol. The van der Waals surface area contributed by atoms with E-state index in [2.05, 4.69) is 114 Å². The minimum Gasteiger partial charge on any atom is -0.456 e. The van der Waals surface area contributed by atoms with Crippen LogP contribution < -0.4 is 13.9 Å². The molecule has 0 saturated heterocycles. The highest BCUT2D eigenvalue weighted by molar-refractivity contribution is 6.11. The van der Waals surface area contributed by atoms with Crippen molar-refractivity contribution in [3.8, 4) is 51.0 Å². The van der Waals surface area contributed by atoms with Crippen molar-refractivity contribution in [2.24, 2.45) is 0 Å². The molecule has 0 aliphatic carbocycles. The minimum absolute atomic E-state index is 0.127. The second kappa shape index (κ2) is 20.8. The summed E-state index contributed by atoms with van der Waals surface area (Å²) in [4.78, 5) is 21.3. The molecule has 1 aliphatic rings. The van der Waals surface area contributed by atoms with Crippen LogP contribution >= 0.6 is 0 Å². The number of aromatic nitrogens is 5. The van der Waals surface area contributed by atoms with Gasteiger partial charge >= 0.3 is 6.01 Å². The lowest BCUT2D eigenvalue weighted by atomic mass is 9.82. The van der Waals surface area contributed by atoms with Gasteiger partial charge in [-0.25, -0.2) is 19.9 Å². The second-order valence-corrected chi connectivity index (χ2v) is 23.5. The summed E-state index contributed by atoms with van der Waals surface area (Å²) in [6.45, 7) is 20.5. The Balaban J connectivity index is 1.09. The first kappa shape index (κ1) is 42.9. The molecular formula is C76H67N7O+2. The van der Waals surface area contributed by atoms with Crippen molar-refractivity contribution in [1.82, 2.24) is 33.7 Å². The molecular weight excluding hydrogens is 1030 g/mol. The monoisotopic (exact) mass is 1100 g/mol. The van der Waals surface area contributed by atoms with Gasteiger partial charge in [-0.05, 0) is 138 Å². The lowest BCUT2D eigenvalue weighted by molar-refractivity contribution is 0.483. The molecule has 0 amide bonds. The van der Waals surface area contributed by atoms with E-state index < -0.39 is 71.3 Å². The number of hydrogen-bond acceptors (Lipinski definition) is 5. The number of hydrogen-bond donors (Lipinski definition) is 0. The van der Waals surface area contributed by atoms with E-state index in [4.69, 9.17) is 32.9 Å². The van der Waals surface area contributed by atoms with Crippen LogP contribution in [0, 0.1) is 20.8 Å². The van der Waals surface area contributed by atoms with E-state index in [0.29, 0.717) is 68.3 Å². The third-order valence-electron chi connectivity index (χ3n) is 16.5. The smallest absolute Gasteiger partial charge is 0.456 e. The minimum atomic E-state index is -0.701. The van der Waals surface area contributed by atoms with Gasteiger partial charge in [0.2, 0.25) is 11.4 Å². The van der Waals surface area contributed by atoms with Crippen LogP contribution in [0.25, 0.3) is 61.3 Å². The van der Waals surface area contributed by atoms with Gasteiger partial charge in [0.1, 0.15) is 29.0 Å². The summed E-state index contributed by atoms with van der Waals surface area (Å²) in [6.07, 6.45) is 1.85. The number of nitrogens with zero attached hydrogens (tertiary/aromatic N) is 7. The lowest BCUT2D eigenvalue weighted by Gasteiger charge is -2.29. The van der Waals surface area contributed by atoms with Gasteiger partial charge in [-0.3, -0.25) is 4.57 Å². The first-order valence-corrected chi connectivity index (χ1v) is 28.1. The maximum atomic E-state index is 9.42. The molecule has 0 spiro atoms. The summed E-state index contributed by atoms with van der Waals surface area (Å²) in [5.74, 6) is 3.08. The lowest BCUT2D eigenvalue weighted by Crippen LogP contribution is -2.29. The molecule has 0 fully saturated rings. The maximum Gasteiger partial charge on any atom is 0.503 e. The van der Waals surface area contributed by atoms with E-state index >= 15 is 0 Å². The largest absolute Gasteiger partial charge is 0.503 e. The normalized spacial score (nSPS) is 14.3. The van der Waals surface area contributed by atoms with Crippen LogP contribution in [-0.2, 0) is 16.2 Å². The fraction of sp³-hybridized carbons (Fsp3) is 0.171. The Hall–Kier alpha value is -9.88. The van der Waals surface area contributed by atoms with Crippen LogP contribution in [0.5, 0.6) is 11.5 Å². The molecule has 9 aromatic carbocycles. The molecule has 13 rings (SSSR count). The zero-order valence-corrected chi connectivity index (χ0v) is 48.6. The molecule has 0 bridgehead atoms. The Kier molecular flexibility index (Phi) is 10.6. The van der Waals surface area contributed by atoms with E-state index in [1.54, 1.807) is 18.4 Å². The third-order valence-corrected chi connectivity index (χ3v) is 16.5. The van der Waals surface area contributed by atoms with Gasteiger partial charge < -0.3 is 4.74 Å². The SMILES string of the molecule is [2H]c1c([2H])c([2H])c(-c2c(C)c(C)c(C)c(-c3c([2H])c([2H])c([2H])c([2H])c3[2H])c2[N+]2=C=[N+](c3cccc(Oc4cc5c(cc4-c4nc(C(C)(C)c6ccccc6)nc(C(C)(C)c6ccccc6)n4)c4ccccc4n5-c4cc(C(C)(C)C)ccn4)c3)c3ccccc32)c([2H])c1[2H]. The van der Waals surface area contributed by atoms with Gasteiger partial charge in [-0.1, -0.05) is 178 Å². The standard InChI is InChI=1S/C76H67N7O/c1-49-50(2)68(52-28-15-11-16-29-52)70(69(51(49)3)53-30-17-12-18-31-53)82-48-81(63-40-25-26-41-64(63)82)57-36-27-37-58(45-57)84-66-47-65-60(59-38-23-24-39-62(59)83(65)67-44-56(42-43-77-67)74(4,5)6)46-61(66)71-78-72(75(7,8)54-32-19-13-20-33-54)80-73(79-71)76(9,10)55-34-21-14-22-35-55/h11-47H,1-10H3/q+2/i11D,12D,15D,16D,17D,18D,28D,29D,30D,31D. The van der Waals surface area contributed by atoms with Gasteiger partial charge in [-0.15, -0.1) is 0 Å². The number of rotatable bonds is 12. The molecule has 84 heavy (non-hydrogen) atoms. The fourth-order valence-electron chi connectivity index (χ4n) is 11.5. The molecule has 8 heteroatoms. The quantitative estimate of drug-likeness (QED) is 0.114. The first-order chi connectivity index (χ1) is 44.7. The molecule has 12 aromatic rings. The Morgan fingerprint density at radius 2 is 1.06 bits per heavy atom. The fourth-order valence-corrected chi connectivity index (χ4v) is 11.5. The number of benzene rings is 9. The molecule has 4 heterocycles. The van der Waals surface area contributed by atoms with Crippen LogP contribution in [0.15, 0.2) is 224 Å². The molecule has 0 saturated carbocycles. The van der Waals surface area contributed by atoms with Crippen molar-refractivity contribution < 1.29 is 18.4 Å². The highest BCUT2D eigenvalue weighted by Crippen LogP contribution is 2.49. The van der Waals surface area contributed by atoms with E-state index in [0.717, 1.165) is 44.3 Å². The predicted molar refractivity (Wildman–Crippen MR) is 346 cm³/mol. The first-order valence-electron chi connectivity index (χ1n) is 33.1. The van der Waals surface area contributed by atoms with Crippen molar-refractivity contribution in [2.45, 2.75) is 85.5 Å². The van der Waals surface area contributed by atoms with E-state index in [1.807, 2.05) is 121 Å². The van der Waals surface area contributed by atoms with Crippen molar-refractivity contribution >= 4 is 50.6 Å². The van der Waals surface area contributed by atoms with E-state index in [-0.39, 0.29) is 33.4 Å². The summed E-state index contributed by atoms with van der Waals surface area (Å²) in [5, 5.41) is 1.89. The molecule has 0 N–H and O–H groups in total. The summed E-state index contributed by atoms with van der Waals surface area (Å²) in [6, 6.07) is 50.3. The number of fused-ring (bicyclic) bond motifs is 4.